The van der Waals surface area contributed by atoms with Crippen LogP contribution in [0.15, 0.2) is 18.5 Å². The third-order valence-corrected chi connectivity index (χ3v) is 4.71. The van der Waals surface area contributed by atoms with E-state index in [2.05, 4.69) is 9.82 Å². The summed E-state index contributed by atoms with van der Waals surface area (Å²) in [5.41, 5.74) is 1.07. The van der Waals surface area contributed by atoms with Crippen molar-refractivity contribution >= 4 is 21.9 Å². The van der Waals surface area contributed by atoms with Gasteiger partial charge in [-0.1, -0.05) is 0 Å². The van der Waals surface area contributed by atoms with Crippen molar-refractivity contribution in [2.45, 2.75) is 37.7 Å². The first kappa shape index (κ1) is 12.6. The highest BCUT2D eigenvalue weighted by atomic mass is 32.2. The zero-order chi connectivity index (χ0) is 13.4. The number of hydrogen-bond donors (Lipinski definition) is 2. The smallest absolute Gasteiger partial charge is 0.258 e. The van der Waals surface area contributed by atoms with Crippen molar-refractivity contribution in [3.63, 3.8) is 0 Å². The monoisotopic (exact) mass is 281 g/mol. The molecule has 102 valence electrons. The molecule has 0 aromatic carbocycles. The number of aromatic nitrogens is 2. The minimum Gasteiger partial charge on any atom is -0.393 e. The number of nitrogens with one attached hydrogen (secondary N) is 1. The van der Waals surface area contributed by atoms with Gasteiger partial charge in [-0.25, -0.2) is 8.89 Å². The van der Waals surface area contributed by atoms with Crippen molar-refractivity contribution in [3.8, 4) is 0 Å². The lowest BCUT2D eigenvalue weighted by atomic mass is 9.84. The zero-order valence-electron chi connectivity index (χ0n) is 10.3. The molecule has 1 saturated carbocycles. The number of aliphatic hydroxyl groups is 1. The number of carbonyl (C=O) groups excluding carboxylic acids is 1. The van der Waals surface area contributed by atoms with Gasteiger partial charge in [0.15, 0.2) is 16.0 Å². The van der Waals surface area contributed by atoms with E-state index in [0.29, 0.717) is 10.9 Å². The van der Waals surface area contributed by atoms with Crippen LogP contribution in [0.5, 0.6) is 0 Å². The Kier molecular flexibility index (Phi) is 3.24. The zero-order valence-corrected chi connectivity index (χ0v) is 11.1. The molecule has 19 heavy (non-hydrogen) atoms. The summed E-state index contributed by atoms with van der Waals surface area (Å²) >= 11 is 0. The molecule has 1 unspecified atom stereocenters. The number of nitrogens with zero attached hydrogens (tertiary/aromatic N) is 2. The fourth-order valence-corrected chi connectivity index (χ4v) is 3.40. The molecule has 0 saturated heterocycles. The Morgan fingerprint density at radius 1 is 1.37 bits per heavy atom. The predicted molar refractivity (Wildman–Crippen MR) is 70.0 cm³/mol. The van der Waals surface area contributed by atoms with Crippen molar-refractivity contribution in [2.75, 3.05) is 0 Å². The van der Waals surface area contributed by atoms with Gasteiger partial charge in [0, 0.05) is 12.3 Å². The van der Waals surface area contributed by atoms with Crippen LogP contribution < -0.4 is 4.72 Å². The highest BCUT2D eigenvalue weighted by molar-refractivity contribution is 7.93. The minimum absolute atomic E-state index is 0.182. The van der Waals surface area contributed by atoms with Gasteiger partial charge in [-0.2, -0.15) is 5.10 Å². The third-order valence-electron chi connectivity index (χ3n) is 3.63. The lowest BCUT2D eigenvalue weighted by molar-refractivity contribution is -0.114. The number of aliphatic hydroxyl groups excluding tert-OH is 1. The standard InChI is InChI=1S/C12H15N3O3S/c16-10-3-1-8(2-4-10)9-6-13-15(7-9)12-5-11(17)14-19(12)18/h5-8,10,16H,1-4H2,(H,14,17). The van der Waals surface area contributed by atoms with Crippen LogP contribution in [0.25, 0.3) is 5.03 Å². The minimum atomic E-state index is -1.52. The molecule has 0 spiro atoms. The third kappa shape index (κ3) is 2.48. The highest BCUT2D eigenvalue weighted by Crippen LogP contribution is 2.33. The van der Waals surface area contributed by atoms with Crippen LogP contribution in [-0.2, 0) is 15.8 Å². The summed E-state index contributed by atoms with van der Waals surface area (Å²) in [6.45, 7) is 0. The van der Waals surface area contributed by atoms with E-state index >= 15 is 0 Å². The average Bonchev–Trinajstić information content (AvgIpc) is 2.97. The molecule has 1 atom stereocenters. The Bertz CT molecular complexity index is 558. The molecule has 1 amide bonds. The number of rotatable bonds is 2. The predicted octanol–water partition coefficient (Wildman–Crippen LogP) is 0.493. The quantitative estimate of drug-likeness (QED) is 0.826. The fraction of sp³-hybridized carbons (Fsp3) is 0.500. The van der Waals surface area contributed by atoms with Crippen molar-refractivity contribution in [3.05, 3.63) is 24.0 Å². The lowest BCUT2D eigenvalue weighted by Gasteiger charge is -2.24. The SMILES string of the molecule is O=C1C=C(n2cc(C3CCC(O)CC3)cn2)S(=O)N1. The van der Waals surface area contributed by atoms with E-state index < -0.39 is 11.0 Å². The van der Waals surface area contributed by atoms with E-state index in [-0.39, 0.29) is 12.0 Å². The molecule has 6 nitrogen and oxygen atoms in total. The number of carbonyl (C=O) groups is 1. The van der Waals surface area contributed by atoms with E-state index in [1.807, 2.05) is 6.20 Å². The summed E-state index contributed by atoms with van der Waals surface area (Å²) in [5, 5.41) is 14.0. The average molecular weight is 281 g/mol. The Labute approximate surface area is 113 Å². The van der Waals surface area contributed by atoms with Gasteiger partial charge in [-0.15, -0.1) is 0 Å². The van der Waals surface area contributed by atoms with Gasteiger partial charge < -0.3 is 5.11 Å². The van der Waals surface area contributed by atoms with Gasteiger partial charge in [0.25, 0.3) is 5.91 Å². The summed E-state index contributed by atoms with van der Waals surface area (Å²) < 4.78 is 15.4. The van der Waals surface area contributed by atoms with Crippen molar-refractivity contribution in [1.82, 2.24) is 14.5 Å². The van der Waals surface area contributed by atoms with Gasteiger partial charge in [-0.3, -0.25) is 9.52 Å². The summed E-state index contributed by atoms with van der Waals surface area (Å²) in [7, 11) is -1.52. The summed E-state index contributed by atoms with van der Waals surface area (Å²) in [4.78, 5) is 11.1. The van der Waals surface area contributed by atoms with E-state index in [1.54, 1.807) is 6.20 Å². The maximum Gasteiger partial charge on any atom is 0.258 e. The molecule has 1 fully saturated rings. The summed E-state index contributed by atoms with van der Waals surface area (Å²) in [5.74, 6) is 0.0300. The van der Waals surface area contributed by atoms with Crippen LogP contribution >= 0.6 is 0 Å². The van der Waals surface area contributed by atoms with Gasteiger partial charge >= 0.3 is 0 Å². The van der Waals surface area contributed by atoms with Crippen molar-refractivity contribution in [1.29, 1.82) is 0 Å². The van der Waals surface area contributed by atoms with Gasteiger partial charge in [0.2, 0.25) is 0 Å². The fourth-order valence-electron chi connectivity index (χ4n) is 2.57. The highest BCUT2D eigenvalue weighted by Gasteiger charge is 2.25. The van der Waals surface area contributed by atoms with Crippen LogP contribution in [0.3, 0.4) is 0 Å². The Morgan fingerprint density at radius 2 is 2.11 bits per heavy atom. The summed E-state index contributed by atoms with van der Waals surface area (Å²) in [6.07, 6.45) is 8.19. The number of amides is 1. The Balaban J connectivity index is 1.78. The van der Waals surface area contributed by atoms with E-state index in [1.165, 1.54) is 10.8 Å². The molecule has 1 aromatic rings. The molecule has 1 aliphatic heterocycles. The van der Waals surface area contributed by atoms with Crippen LogP contribution in [0, 0.1) is 0 Å². The van der Waals surface area contributed by atoms with Gasteiger partial charge in [0.1, 0.15) is 0 Å². The Morgan fingerprint density at radius 3 is 2.74 bits per heavy atom. The van der Waals surface area contributed by atoms with Gasteiger partial charge in [-0.05, 0) is 37.2 Å². The van der Waals surface area contributed by atoms with Crippen molar-refractivity contribution in [2.24, 2.45) is 0 Å². The first-order valence-electron chi connectivity index (χ1n) is 6.30. The number of hydrogen-bond acceptors (Lipinski definition) is 4. The Hall–Kier alpha value is -1.47. The second-order valence-corrected chi connectivity index (χ2v) is 6.10. The second-order valence-electron chi connectivity index (χ2n) is 4.94. The van der Waals surface area contributed by atoms with Crippen LogP contribution in [0.2, 0.25) is 0 Å². The second kappa shape index (κ2) is 4.90. The molecular weight excluding hydrogens is 266 g/mol. The molecule has 2 heterocycles. The molecule has 7 heteroatoms. The normalized spacial score (nSPS) is 31.1. The molecule has 3 rings (SSSR count). The molecule has 0 bridgehead atoms. The maximum atomic E-state index is 11.6. The first-order valence-corrected chi connectivity index (χ1v) is 7.45. The molecule has 1 aromatic heterocycles. The topological polar surface area (TPSA) is 84.2 Å². The van der Waals surface area contributed by atoms with Crippen LogP contribution in [0.4, 0.5) is 0 Å². The first-order chi connectivity index (χ1) is 9.13. The molecule has 2 aliphatic rings. The van der Waals surface area contributed by atoms with Crippen LogP contribution in [-0.4, -0.2) is 31.1 Å². The summed E-state index contributed by atoms with van der Waals surface area (Å²) in [6, 6.07) is 0. The molecule has 0 radical (unpaired) electrons. The molecular formula is C12H15N3O3S. The lowest BCUT2D eigenvalue weighted by Crippen LogP contribution is -2.17. The maximum absolute atomic E-state index is 11.6. The van der Waals surface area contributed by atoms with E-state index in [0.717, 1.165) is 31.2 Å². The van der Waals surface area contributed by atoms with Crippen molar-refractivity contribution < 1.29 is 14.1 Å². The van der Waals surface area contributed by atoms with E-state index in [9.17, 15) is 14.1 Å². The largest absolute Gasteiger partial charge is 0.393 e. The molecule has 2 N–H and O–H groups in total. The molecule has 1 aliphatic carbocycles. The van der Waals surface area contributed by atoms with Crippen LogP contribution in [0.1, 0.15) is 37.2 Å². The van der Waals surface area contributed by atoms with E-state index in [4.69, 9.17) is 0 Å². The van der Waals surface area contributed by atoms with Gasteiger partial charge in [0.05, 0.1) is 12.3 Å².